The summed E-state index contributed by atoms with van der Waals surface area (Å²) in [6, 6.07) is 0. The van der Waals surface area contributed by atoms with Crippen molar-refractivity contribution >= 4 is 24.3 Å². The topological polar surface area (TPSA) is 71.8 Å². The smallest absolute Gasteiger partial charge is 0.229 e. The van der Waals surface area contributed by atoms with Crippen LogP contribution in [-0.4, -0.2) is 33.8 Å². The van der Waals surface area contributed by atoms with Gasteiger partial charge in [-0.25, -0.2) is 4.68 Å². The Hall–Kier alpha value is -1.14. The van der Waals surface area contributed by atoms with Crippen LogP contribution in [0.3, 0.4) is 0 Å². The summed E-state index contributed by atoms with van der Waals surface area (Å²) in [4.78, 5) is 16.7. The second kappa shape index (κ2) is 6.75. The molecule has 1 saturated heterocycles. The number of amides is 1. The van der Waals surface area contributed by atoms with Crippen LogP contribution in [0.25, 0.3) is 0 Å². The third-order valence-electron chi connectivity index (χ3n) is 4.46. The zero-order chi connectivity index (χ0) is 14.1. The van der Waals surface area contributed by atoms with Crippen molar-refractivity contribution in [2.75, 3.05) is 18.4 Å². The van der Waals surface area contributed by atoms with Gasteiger partial charge in [-0.2, -0.15) is 10.1 Å². The molecule has 1 aromatic heterocycles. The number of anilines is 1. The lowest BCUT2D eigenvalue weighted by Crippen LogP contribution is -2.27. The van der Waals surface area contributed by atoms with Crippen LogP contribution in [0, 0.1) is 11.8 Å². The summed E-state index contributed by atoms with van der Waals surface area (Å²) >= 11 is 0. The quantitative estimate of drug-likeness (QED) is 0.887. The molecule has 1 aliphatic heterocycles. The molecule has 1 atom stereocenters. The van der Waals surface area contributed by atoms with Gasteiger partial charge in [0.15, 0.2) is 5.82 Å². The molecule has 0 spiro atoms. The molecule has 2 N–H and O–H groups in total. The fourth-order valence-corrected chi connectivity index (χ4v) is 2.80. The molecule has 2 fully saturated rings. The number of aromatic nitrogens is 3. The van der Waals surface area contributed by atoms with E-state index in [1.165, 1.54) is 12.8 Å². The number of hydrogen-bond donors (Lipinski definition) is 2. The highest BCUT2D eigenvalue weighted by molar-refractivity contribution is 5.91. The van der Waals surface area contributed by atoms with Gasteiger partial charge < -0.3 is 5.32 Å². The summed E-state index contributed by atoms with van der Waals surface area (Å²) in [5.41, 5.74) is 0. The van der Waals surface area contributed by atoms with E-state index in [0.717, 1.165) is 31.8 Å². The first-order valence-electron chi connectivity index (χ1n) is 7.57. The monoisotopic (exact) mass is 313 g/mol. The highest BCUT2D eigenvalue weighted by Crippen LogP contribution is 2.37. The number of rotatable bonds is 4. The number of hydrogen-bond acceptors (Lipinski definition) is 4. The summed E-state index contributed by atoms with van der Waals surface area (Å²) < 4.78 is 1.69. The van der Waals surface area contributed by atoms with E-state index in [0.29, 0.717) is 17.8 Å². The first kappa shape index (κ1) is 16.2. The van der Waals surface area contributed by atoms with Gasteiger partial charge in [0.1, 0.15) is 0 Å². The maximum atomic E-state index is 12.1. The second-order valence-corrected chi connectivity index (χ2v) is 6.06. The van der Waals surface area contributed by atoms with Crippen LogP contribution in [0.5, 0.6) is 0 Å². The van der Waals surface area contributed by atoms with Crippen LogP contribution in [-0.2, 0) is 11.8 Å². The van der Waals surface area contributed by atoms with Crippen molar-refractivity contribution in [1.82, 2.24) is 20.1 Å². The van der Waals surface area contributed by atoms with Crippen LogP contribution in [0.1, 0.15) is 44.3 Å². The van der Waals surface area contributed by atoms with E-state index < -0.39 is 0 Å². The minimum atomic E-state index is 0. The predicted octanol–water partition coefficient (Wildman–Crippen LogP) is 1.69. The molecule has 6 nitrogen and oxygen atoms in total. The lowest BCUT2D eigenvalue weighted by molar-refractivity contribution is -0.120. The van der Waals surface area contributed by atoms with Crippen molar-refractivity contribution in [2.45, 2.75) is 38.5 Å². The van der Waals surface area contributed by atoms with Crippen molar-refractivity contribution in [1.29, 1.82) is 0 Å². The summed E-state index contributed by atoms with van der Waals surface area (Å²) in [5, 5.41) is 10.7. The minimum absolute atomic E-state index is 0. The van der Waals surface area contributed by atoms with E-state index in [1.54, 1.807) is 4.68 Å². The molecule has 0 bridgehead atoms. The van der Waals surface area contributed by atoms with Crippen molar-refractivity contribution in [3.63, 3.8) is 0 Å². The lowest BCUT2D eigenvalue weighted by atomic mass is 9.98. The standard InChI is InChI=1S/C14H23N5O.ClH/c1-9(10-3-4-10)13(20)17-14-16-12(18-19(14)2)11-5-7-15-8-6-11;/h9-11,15H,3-8H2,1-2H3,(H,16,17,18,20);1H. The van der Waals surface area contributed by atoms with Gasteiger partial charge in [0.05, 0.1) is 0 Å². The Morgan fingerprint density at radius 1 is 1.33 bits per heavy atom. The average molecular weight is 314 g/mol. The van der Waals surface area contributed by atoms with Crippen molar-refractivity contribution in [2.24, 2.45) is 18.9 Å². The van der Waals surface area contributed by atoms with Crippen LogP contribution in [0.2, 0.25) is 0 Å². The number of halogens is 1. The molecule has 1 aliphatic carbocycles. The zero-order valence-corrected chi connectivity index (χ0v) is 13.4. The van der Waals surface area contributed by atoms with Gasteiger partial charge in [-0.15, -0.1) is 12.4 Å². The van der Waals surface area contributed by atoms with E-state index in [2.05, 4.69) is 20.7 Å². The Morgan fingerprint density at radius 3 is 2.62 bits per heavy atom. The fraction of sp³-hybridized carbons (Fsp3) is 0.786. The molecule has 1 unspecified atom stereocenters. The number of aryl methyl sites for hydroxylation is 1. The Morgan fingerprint density at radius 2 is 2.00 bits per heavy atom. The van der Waals surface area contributed by atoms with Crippen molar-refractivity contribution < 1.29 is 4.79 Å². The molecule has 3 rings (SSSR count). The predicted molar refractivity (Wildman–Crippen MR) is 83.6 cm³/mol. The largest absolute Gasteiger partial charge is 0.317 e. The molecule has 1 saturated carbocycles. The number of nitrogens with zero attached hydrogens (tertiary/aromatic N) is 3. The molecule has 118 valence electrons. The van der Waals surface area contributed by atoms with Crippen LogP contribution in [0.15, 0.2) is 0 Å². The first-order valence-corrected chi connectivity index (χ1v) is 7.57. The van der Waals surface area contributed by atoms with Crippen molar-refractivity contribution in [3.8, 4) is 0 Å². The maximum absolute atomic E-state index is 12.1. The normalized spacial score (nSPS) is 20.7. The molecule has 0 aromatic carbocycles. The highest BCUT2D eigenvalue weighted by Gasteiger charge is 2.33. The van der Waals surface area contributed by atoms with E-state index in [9.17, 15) is 4.79 Å². The third-order valence-corrected chi connectivity index (χ3v) is 4.46. The van der Waals surface area contributed by atoms with Crippen LogP contribution in [0.4, 0.5) is 5.95 Å². The first-order chi connectivity index (χ1) is 9.65. The Kier molecular flexibility index (Phi) is 5.22. The zero-order valence-electron chi connectivity index (χ0n) is 12.6. The summed E-state index contributed by atoms with van der Waals surface area (Å²) in [5.74, 6) is 2.56. The molecule has 1 aromatic rings. The van der Waals surface area contributed by atoms with Crippen LogP contribution < -0.4 is 10.6 Å². The Labute approximate surface area is 131 Å². The number of carbonyl (C=O) groups excluding carboxylic acids is 1. The van der Waals surface area contributed by atoms with Crippen LogP contribution >= 0.6 is 12.4 Å². The van der Waals surface area contributed by atoms with Gasteiger partial charge in [0, 0.05) is 18.9 Å². The van der Waals surface area contributed by atoms with Gasteiger partial charge in [-0.3, -0.25) is 10.1 Å². The molecule has 2 aliphatic rings. The average Bonchev–Trinajstić information content (AvgIpc) is 3.24. The lowest BCUT2D eigenvalue weighted by Gasteiger charge is -2.19. The molecule has 2 heterocycles. The van der Waals surface area contributed by atoms with E-state index in [-0.39, 0.29) is 24.2 Å². The number of nitrogens with one attached hydrogen (secondary N) is 2. The molecular weight excluding hydrogens is 290 g/mol. The third kappa shape index (κ3) is 3.74. The highest BCUT2D eigenvalue weighted by atomic mass is 35.5. The molecule has 0 radical (unpaired) electrons. The second-order valence-electron chi connectivity index (χ2n) is 6.06. The SMILES string of the molecule is CC(C(=O)Nc1nc(C2CCNCC2)nn1C)C1CC1.Cl. The van der Waals surface area contributed by atoms with Gasteiger partial charge in [0.2, 0.25) is 11.9 Å². The van der Waals surface area contributed by atoms with Gasteiger partial charge in [-0.05, 0) is 44.7 Å². The summed E-state index contributed by atoms with van der Waals surface area (Å²) in [7, 11) is 1.84. The summed E-state index contributed by atoms with van der Waals surface area (Å²) in [6.45, 7) is 4.03. The van der Waals surface area contributed by atoms with E-state index in [4.69, 9.17) is 0 Å². The minimum Gasteiger partial charge on any atom is -0.317 e. The van der Waals surface area contributed by atoms with E-state index >= 15 is 0 Å². The number of carbonyl (C=O) groups is 1. The Balaban J connectivity index is 0.00000161. The molecular formula is C14H24ClN5O. The maximum Gasteiger partial charge on any atom is 0.229 e. The molecule has 1 amide bonds. The Bertz CT molecular complexity index is 494. The van der Waals surface area contributed by atoms with Gasteiger partial charge in [-0.1, -0.05) is 6.92 Å². The number of piperidine rings is 1. The van der Waals surface area contributed by atoms with Gasteiger partial charge in [0.25, 0.3) is 0 Å². The fourth-order valence-electron chi connectivity index (χ4n) is 2.80. The summed E-state index contributed by atoms with van der Waals surface area (Å²) in [6.07, 6.45) is 4.48. The molecule has 7 heteroatoms. The van der Waals surface area contributed by atoms with E-state index in [1.807, 2.05) is 14.0 Å². The van der Waals surface area contributed by atoms with Crippen molar-refractivity contribution in [3.05, 3.63) is 5.82 Å². The molecule has 21 heavy (non-hydrogen) atoms. The van der Waals surface area contributed by atoms with Gasteiger partial charge >= 0.3 is 0 Å².